The van der Waals surface area contributed by atoms with Crippen LogP contribution >= 0.6 is 10.7 Å². The number of amides is 1. The van der Waals surface area contributed by atoms with Crippen molar-refractivity contribution in [2.45, 2.75) is 44.2 Å². The van der Waals surface area contributed by atoms with Crippen LogP contribution in [-0.2, 0) is 13.8 Å². The molecule has 0 unspecified atom stereocenters. The summed E-state index contributed by atoms with van der Waals surface area (Å²) in [4.78, 5) is 11.6. The molecule has 0 aliphatic heterocycles. The number of ether oxygens (including phenoxy) is 1. The van der Waals surface area contributed by atoms with Crippen molar-refractivity contribution < 1.29 is 17.9 Å². The van der Waals surface area contributed by atoms with Crippen LogP contribution in [0.25, 0.3) is 0 Å². The second-order valence-corrected chi connectivity index (χ2v) is 7.94. The molecule has 5 nitrogen and oxygen atoms in total. The van der Waals surface area contributed by atoms with Crippen LogP contribution in [-0.4, -0.2) is 20.1 Å². The van der Waals surface area contributed by atoms with Crippen molar-refractivity contribution in [3.05, 3.63) is 29.8 Å². The summed E-state index contributed by atoms with van der Waals surface area (Å²) in [6.07, 6.45) is -0.529. The molecule has 1 N–H and O–H groups in total. The lowest BCUT2D eigenvalue weighted by Gasteiger charge is -2.22. The molecular formula is C13H18ClNO4S. The Morgan fingerprint density at radius 2 is 1.75 bits per heavy atom. The van der Waals surface area contributed by atoms with E-state index in [9.17, 15) is 13.2 Å². The van der Waals surface area contributed by atoms with Crippen LogP contribution in [0.3, 0.4) is 0 Å². The van der Waals surface area contributed by atoms with Gasteiger partial charge in [-0.1, -0.05) is 12.1 Å². The first-order valence-electron chi connectivity index (χ1n) is 6.03. The summed E-state index contributed by atoms with van der Waals surface area (Å²) in [5.41, 5.74) is 0.181. The van der Waals surface area contributed by atoms with Crippen LogP contribution in [0.5, 0.6) is 0 Å². The molecule has 0 saturated heterocycles. The van der Waals surface area contributed by atoms with E-state index in [0.29, 0.717) is 0 Å². The highest BCUT2D eigenvalue weighted by Gasteiger charge is 2.18. The average molecular weight is 320 g/mol. The maximum Gasteiger partial charge on any atom is 0.408 e. The summed E-state index contributed by atoms with van der Waals surface area (Å²) in [7, 11) is 1.50. The number of rotatable bonds is 3. The standard InChI is InChI=1S/C13H18ClNO4S/c1-9(15-12(16)19-13(2,3)4)10-5-7-11(8-6-10)20(14,17)18/h5-9H,1-4H3,(H,15,16)/t9-/m0/s1. The van der Waals surface area contributed by atoms with Gasteiger partial charge in [-0.2, -0.15) is 0 Å². The number of hydrogen-bond acceptors (Lipinski definition) is 4. The van der Waals surface area contributed by atoms with Crippen molar-refractivity contribution in [1.29, 1.82) is 0 Å². The van der Waals surface area contributed by atoms with Crippen LogP contribution in [0.4, 0.5) is 4.79 Å². The highest BCUT2D eigenvalue weighted by molar-refractivity contribution is 8.13. The Hall–Kier alpha value is -1.27. The van der Waals surface area contributed by atoms with Gasteiger partial charge in [-0.15, -0.1) is 0 Å². The second-order valence-electron chi connectivity index (χ2n) is 5.37. The number of hydrogen-bond donors (Lipinski definition) is 1. The molecule has 0 aliphatic carbocycles. The zero-order valence-corrected chi connectivity index (χ0v) is 13.4. The quantitative estimate of drug-likeness (QED) is 0.868. The lowest BCUT2D eigenvalue weighted by atomic mass is 10.1. The van der Waals surface area contributed by atoms with Gasteiger partial charge in [-0.05, 0) is 45.4 Å². The minimum atomic E-state index is -3.73. The van der Waals surface area contributed by atoms with Crippen molar-refractivity contribution >= 4 is 25.8 Å². The maximum absolute atomic E-state index is 11.6. The van der Waals surface area contributed by atoms with Gasteiger partial charge < -0.3 is 10.1 Å². The SMILES string of the molecule is C[C@H](NC(=O)OC(C)(C)C)c1ccc(S(=O)(=O)Cl)cc1. The number of carbonyl (C=O) groups is 1. The smallest absolute Gasteiger partial charge is 0.408 e. The topological polar surface area (TPSA) is 72.5 Å². The molecule has 0 heterocycles. The zero-order valence-electron chi connectivity index (χ0n) is 11.8. The van der Waals surface area contributed by atoms with E-state index in [2.05, 4.69) is 5.32 Å². The highest BCUT2D eigenvalue weighted by atomic mass is 35.7. The highest BCUT2D eigenvalue weighted by Crippen LogP contribution is 2.19. The predicted molar refractivity (Wildman–Crippen MR) is 77.3 cm³/mol. The van der Waals surface area contributed by atoms with Crippen LogP contribution < -0.4 is 5.32 Å². The summed E-state index contributed by atoms with van der Waals surface area (Å²) in [5.74, 6) is 0. The summed E-state index contributed by atoms with van der Waals surface area (Å²) >= 11 is 0. The molecule has 0 fully saturated rings. The Kier molecular flexibility index (Phi) is 5.05. The molecule has 0 aromatic heterocycles. The van der Waals surface area contributed by atoms with Gasteiger partial charge in [0.2, 0.25) is 0 Å². The van der Waals surface area contributed by atoms with Crippen LogP contribution in [0.2, 0.25) is 0 Å². The largest absolute Gasteiger partial charge is 0.444 e. The van der Waals surface area contributed by atoms with Gasteiger partial charge in [0.05, 0.1) is 10.9 Å². The normalized spacial score (nSPS) is 13.7. The summed E-state index contributed by atoms with van der Waals surface area (Å²) in [6, 6.07) is 5.67. The molecule has 20 heavy (non-hydrogen) atoms. The average Bonchev–Trinajstić information content (AvgIpc) is 2.25. The molecule has 1 aromatic rings. The van der Waals surface area contributed by atoms with E-state index in [-0.39, 0.29) is 10.9 Å². The summed E-state index contributed by atoms with van der Waals surface area (Å²) in [6.45, 7) is 7.10. The molecule has 1 atom stereocenters. The first-order chi connectivity index (χ1) is 8.99. The van der Waals surface area contributed by atoms with Crippen molar-refractivity contribution in [2.75, 3.05) is 0 Å². The van der Waals surface area contributed by atoms with E-state index in [1.54, 1.807) is 39.8 Å². The van der Waals surface area contributed by atoms with E-state index >= 15 is 0 Å². The molecule has 7 heteroatoms. The fourth-order valence-electron chi connectivity index (χ4n) is 1.49. The Morgan fingerprint density at radius 1 is 1.25 bits per heavy atom. The van der Waals surface area contributed by atoms with Gasteiger partial charge in [-0.3, -0.25) is 0 Å². The van der Waals surface area contributed by atoms with Gasteiger partial charge in [0.1, 0.15) is 5.60 Å². The molecule has 1 amide bonds. The predicted octanol–water partition coefficient (Wildman–Crippen LogP) is 3.20. The number of nitrogens with one attached hydrogen (secondary N) is 1. The van der Waals surface area contributed by atoms with Gasteiger partial charge in [-0.25, -0.2) is 13.2 Å². The molecule has 0 saturated carbocycles. The Labute approximate surface area is 123 Å². The molecule has 1 rings (SSSR count). The number of alkyl carbamates (subject to hydrolysis) is 1. The van der Waals surface area contributed by atoms with E-state index in [0.717, 1.165) is 5.56 Å². The van der Waals surface area contributed by atoms with Gasteiger partial charge in [0.15, 0.2) is 0 Å². The van der Waals surface area contributed by atoms with E-state index < -0.39 is 20.7 Å². The third-order valence-electron chi connectivity index (χ3n) is 2.39. The van der Waals surface area contributed by atoms with Crippen molar-refractivity contribution in [2.24, 2.45) is 0 Å². The zero-order chi connectivity index (χ0) is 15.6. The van der Waals surface area contributed by atoms with Crippen molar-refractivity contribution in [3.8, 4) is 0 Å². The Morgan fingerprint density at radius 3 is 2.15 bits per heavy atom. The van der Waals surface area contributed by atoms with Gasteiger partial charge in [0.25, 0.3) is 9.05 Å². The fourth-order valence-corrected chi connectivity index (χ4v) is 2.26. The van der Waals surface area contributed by atoms with Gasteiger partial charge in [0, 0.05) is 10.7 Å². The maximum atomic E-state index is 11.6. The van der Waals surface area contributed by atoms with Crippen LogP contribution in [0.1, 0.15) is 39.3 Å². The monoisotopic (exact) mass is 319 g/mol. The number of carbonyl (C=O) groups excluding carboxylic acids is 1. The second kappa shape index (κ2) is 6.01. The van der Waals surface area contributed by atoms with Crippen LogP contribution in [0.15, 0.2) is 29.2 Å². The first-order valence-corrected chi connectivity index (χ1v) is 8.34. The fraction of sp³-hybridized carbons (Fsp3) is 0.462. The summed E-state index contributed by atoms with van der Waals surface area (Å²) < 4.78 is 27.4. The van der Waals surface area contributed by atoms with Crippen LogP contribution in [0, 0.1) is 0 Å². The molecular weight excluding hydrogens is 302 g/mol. The Bertz CT molecular complexity index is 575. The van der Waals surface area contributed by atoms with E-state index in [1.165, 1.54) is 12.1 Å². The first kappa shape index (κ1) is 16.8. The summed E-state index contributed by atoms with van der Waals surface area (Å²) in [5, 5.41) is 2.67. The van der Waals surface area contributed by atoms with E-state index in [4.69, 9.17) is 15.4 Å². The molecule has 0 bridgehead atoms. The molecule has 1 aromatic carbocycles. The Balaban J connectivity index is 2.74. The molecule has 112 valence electrons. The van der Waals surface area contributed by atoms with Crippen molar-refractivity contribution in [3.63, 3.8) is 0 Å². The minimum absolute atomic E-state index is 0.0207. The number of benzene rings is 1. The van der Waals surface area contributed by atoms with Crippen molar-refractivity contribution in [1.82, 2.24) is 5.32 Å². The molecule has 0 spiro atoms. The third-order valence-corrected chi connectivity index (χ3v) is 3.76. The third kappa shape index (κ3) is 5.38. The lowest BCUT2D eigenvalue weighted by molar-refractivity contribution is 0.0508. The lowest BCUT2D eigenvalue weighted by Crippen LogP contribution is -2.34. The molecule has 0 aliphatic rings. The minimum Gasteiger partial charge on any atom is -0.444 e. The molecule has 0 radical (unpaired) electrons. The van der Waals surface area contributed by atoms with Gasteiger partial charge >= 0.3 is 6.09 Å². The number of halogens is 1. The van der Waals surface area contributed by atoms with E-state index in [1.807, 2.05) is 0 Å².